The third-order valence-electron chi connectivity index (χ3n) is 10.6. The minimum Gasteiger partial charge on any atom is -0.462 e. The van der Waals surface area contributed by atoms with Gasteiger partial charge in [-0.25, -0.2) is 0 Å². The summed E-state index contributed by atoms with van der Waals surface area (Å²) in [4.78, 5) is 25.9. The summed E-state index contributed by atoms with van der Waals surface area (Å²) in [6, 6.07) is -0.692. The Morgan fingerprint density at radius 3 is 1.38 bits per heavy atom. The Morgan fingerprint density at radius 1 is 0.538 bits per heavy atom. The van der Waals surface area contributed by atoms with Gasteiger partial charge in [0, 0.05) is 6.42 Å². The molecule has 0 fully saturated rings. The van der Waals surface area contributed by atoms with E-state index in [1.165, 1.54) is 154 Å². The molecule has 6 nitrogen and oxygen atoms in total. The number of rotatable bonds is 41. The van der Waals surface area contributed by atoms with Crippen molar-refractivity contribution in [3.05, 3.63) is 12.2 Å². The first-order valence-corrected chi connectivity index (χ1v) is 22.9. The lowest BCUT2D eigenvalue weighted by Gasteiger charge is -2.24. The molecule has 0 radical (unpaired) electrons. The van der Waals surface area contributed by atoms with Crippen LogP contribution in [-0.2, 0) is 14.3 Å². The van der Waals surface area contributed by atoms with Gasteiger partial charge in [-0.3, -0.25) is 9.59 Å². The fourth-order valence-electron chi connectivity index (χ4n) is 7.07. The van der Waals surface area contributed by atoms with Crippen LogP contribution < -0.4 is 5.32 Å². The quantitative estimate of drug-likeness (QED) is 0.0330. The van der Waals surface area contributed by atoms with Crippen molar-refractivity contribution in [2.75, 3.05) is 6.61 Å². The second-order valence-corrected chi connectivity index (χ2v) is 15.8. The number of carbonyl (C=O) groups excluding carboxylic acids is 2. The molecule has 6 heteroatoms. The van der Waals surface area contributed by atoms with Gasteiger partial charge in [0.25, 0.3) is 0 Å². The highest BCUT2D eigenvalue weighted by atomic mass is 16.5. The fraction of sp³-hybridized carbons (Fsp3) is 0.913. The first kappa shape index (κ1) is 50.6. The van der Waals surface area contributed by atoms with Crippen molar-refractivity contribution in [3.63, 3.8) is 0 Å². The molecule has 0 saturated heterocycles. The molecule has 3 atom stereocenters. The number of esters is 1. The second kappa shape index (κ2) is 40.8. The van der Waals surface area contributed by atoms with Crippen LogP contribution in [-0.4, -0.2) is 46.9 Å². The predicted octanol–water partition coefficient (Wildman–Crippen LogP) is 13.0. The first-order valence-electron chi connectivity index (χ1n) is 22.9. The van der Waals surface area contributed by atoms with Crippen molar-refractivity contribution in [1.29, 1.82) is 0 Å². The Balaban J connectivity index is 4.46. The van der Waals surface area contributed by atoms with Crippen LogP contribution in [0.4, 0.5) is 0 Å². The maximum absolute atomic E-state index is 13.1. The molecule has 0 aliphatic carbocycles. The molecule has 3 unspecified atom stereocenters. The first-order chi connectivity index (χ1) is 25.5. The summed E-state index contributed by atoms with van der Waals surface area (Å²) in [5.41, 5.74) is 0. The topological polar surface area (TPSA) is 95.9 Å². The molecule has 0 spiro atoms. The van der Waals surface area contributed by atoms with Crippen LogP contribution in [0.3, 0.4) is 0 Å². The average molecular weight is 736 g/mol. The minimum atomic E-state index is -0.779. The molecule has 308 valence electrons. The molecule has 0 aliphatic rings. The van der Waals surface area contributed by atoms with Gasteiger partial charge in [-0.05, 0) is 51.4 Å². The molecule has 0 saturated carbocycles. The van der Waals surface area contributed by atoms with Gasteiger partial charge in [-0.2, -0.15) is 0 Å². The number of nitrogens with one attached hydrogen (secondary N) is 1. The highest BCUT2D eigenvalue weighted by molar-refractivity contribution is 5.77. The largest absolute Gasteiger partial charge is 0.462 e. The molecular formula is C46H89NO5. The number of hydrogen-bond acceptors (Lipinski definition) is 5. The normalized spacial score (nSPS) is 13.4. The third-order valence-corrected chi connectivity index (χ3v) is 10.6. The zero-order valence-corrected chi connectivity index (χ0v) is 35.0. The smallest absolute Gasteiger partial charge is 0.306 e. The predicted molar refractivity (Wildman–Crippen MR) is 223 cm³/mol. The average Bonchev–Trinajstić information content (AvgIpc) is 3.13. The number of aliphatic hydroxyl groups excluding tert-OH is 2. The molecule has 1 amide bonds. The standard InChI is InChI=1S/C46H89NO5/c1-4-7-10-13-16-19-21-22-23-24-25-27-30-33-36-39-46(51)52-42(37-34-31-28-18-15-12-9-6-3)40-45(50)47-43(41-48)44(49)38-35-32-29-26-20-17-14-11-8-5-2/h19,21,42-44,48-49H,4-18,20,22-41H2,1-3H3,(H,47,50)/b21-19-. The van der Waals surface area contributed by atoms with Crippen LogP contribution in [0.15, 0.2) is 12.2 Å². The molecule has 52 heavy (non-hydrogen) atoms. The number of ether oxygens (including phenoxy) is 1. The van der Waals surface area contributed by atoms with Gasteiger partial charge in [0.2, 0.25) is 5.91 Å². The highest BCUT2D eigenvalue weighted by Crippen LogP contribution is 2.18. The van der Waals surface area contributed by atoms with Crippen LogP contribution in [0, 0.1) is 0 Å². The molecular weight excluding hydrogens is 647 g/mol. The highest BCUT2D eigenvalue weighted by Gasteiger charge is 2.24. The Kier molecular flexibility index (Phi) is 39.7. The van der Waals surface area contributed by atoms with Gasteiger partial charge >= 0.3 is 5.97 Å². The van der Waals surface area contributed by atoms with E-state index >= 15 is 0 Å². The molecule has 0 aliphatic heterocycles. The van der Waals surface area contributed by atoms with Crippen molar-refractivity contribution in [1.82, 2.24) is 5.32 Å². The summed E-state index contributed by atoms with van der Waals surface area (Å²) < 4.78 is 5.88. The van der Waals surface area contributed by atoms with E-state index in [-0.39, 0.29) is 24.9 Å². The third kappa shape index (κ3) is 35.6. The van der Waals surface area contributed by atoms with Gasteiger partial charge in [0.1, 0.15) is 6.10 Å². The van der Waals surface area contributed by atoms with E-state index in [0.29, 0.717) is 19.3 Å². The molecule has 3 N–H and O–H groups in total. The lowest BCUT2D eigenvalue weighted by Crippen LogP contribution is -2.46. The molecule has 0 bridgehead atoms. The second-order valence-electron chi connectivity index (χ2n) is 15.8. The van der Waals surface area contributed by atoms with Crippen LogP contribution >= 0.6 is 0 Å². The summed E-state index contributed by atoms with van der Waals surface area (Å²) in [6.45, 7) is 6.43. The molecule has 0 aromatic carbocycles. The molecule has 0 heterocycles. The summed E-state index contributed by atoms with van der Waals surface area (Å²) in [5.74, 6) is -0.473. The van der Waals surface area contributed by atoms with E-state index in [2.05, 4.69) is 38.2 Å². The molecule has 0 aromatic rings. The van der Waals surface area contributed by atoms with Crippen molar-refractivity contribution in [2.45, 2.75) is 264 Å². The zero-order valence-electron chi connectivity index (χ0n) is 35.0. The van der Waals surface area contributed by atoms with E-state index < -0.39 is 18.2 Å². The Bertz CT molecular complexity index is 787. The number of aliphatic hydroxyl groups is 2. The summed E-state index contributed by atoms with van der Waals surface area (Å²) in [7, 11) is 0. The minimum absolute atomic E-state index is 0.0811. The van der Waals surface area contributed by atoms with Gasteiger partial charge in [-0.1, -0.05) is 193 Å². The Labute approximate surface area is 323 Å². The van der Waals surface area contributed by atoms with Crippen LogP contribution in [0.25, 0.3) is 0 Å². The molecule has 0 rings (SSSR count). The summed E-state index contributed by atoms with van der Waals surface area (Å²) in [5, 5.41) is 23.6. The number of hydrogen-bond donors (Lipinski definition) is 3. The van der Waals surface area contributed by atoms with Crippen LogP contribution in [0.5, 0.6) is 0 Å². The van der Waals surface area contributed by atoms with Crippen molar-refractivity contribution in [3.8, 4) is 0 Å². The zero-order chi connectivity index (χ0) is 38.2. The fourth-order valence-corrected chi connectivity index (χ4v) is 7.07. The van der Waals surface area contributed by atoms with Crippen molar-refractivity contribution >= 4 is 11.9 Å². The summed E-state index contributed by atoms with van der Waals surface area (Å²) in [6.07, 6.45) is 42.7. The lowest BCUT2D eigenvalue weighted by atomic mass is 10.0. The maximum atomic E-state index is 13.1. The SMILES string of the molecule is CCCCCC/C=C\CCCCCCCCCC(=O)OC(CCCCCCCCCC)CC(=O)NC(CO)C(O)CCCCCCCCCCCC. The molecule has 0 aromatic heterocycles. The lowest BCUT2D eigenvalue weighted by molar-refractivity contribution is -0.151. The van der Waals surface area contributed by atoms with E-state index in [9.17, 15) is 19.8 Å². The number of allylic oxidation sites excluding steroid dienone is 2. The van der Waals surface area contributed by atoms with E-state index in [1.807, 2.05) is 0 Å². The van der Waals surface area contributed by atoms with Crippen LogP contribution in [0.2, 0.25) is 0 Å². The van der Waals surface area contributed by atoms with Crippen molar-refractivity contribution in [2.24, 2.45) is 0 Å². The Hall–Kier alpha value is -1.40. The summed E-state index contributed by atoms with van der Waals surface area (Å²) >= 11 is 0. The van der Waals surface area contributed by atoms with Crippen molar-refractivity contribution < 1.29 is 24.5 Å². The van der Waals surface area contributed by atoms with E-state index in [1.54, 1.807) is 0 Å². The number of carbonyl (C=O) groups is 2. The van der Waals surface area contributed by atoms with E-state index in [0.717, 1.165) is 44.9 Å². The van der Waals surface area contributed by atoms with Gasteiger partial charge in [-0.15, -0.1) is 0 Å². The number of unbranched alkanes of at least 4 members (excludes halogenated alkanes) is 27. The van der Waals surface area contributed by atoms with Gasteiger partial charge in [0.15, 0.2) is 0 Å². The number of amides is 1. The van der Waals surface area contributed by atoms with Gasteiger partial charge < -0.3 is 20.3 Å². The monoisotopic (exact) mass is 736 g/mol. The van der Waals surface area contributed by atoms with Crippen LogP contribution in [0.1, 0.15) is 245 Å². The van der Waals surface area contributed by atoms with Gasteiger partial charge in [0.05, 0.1) is 25.2 Å². The van der Waals surface area contributed by atoms with E-state index in [4.69, 9.17) is 4.74 Å². The maximum Gasteiger partial charge on any atom is 0.306 e. The Morgan fingerprint density at radius 2 is 0.923 bits per heavy atom.